The SMILES string of the molecule is O=c1oc2cccc(O)c2c(O)c1[N+](=O)[O-]. The monoisotopic (exact) mass is 223 g/mol. The fraction of sp³-hybridized carbons (Fsp3) is 0. The van der Waals surface area contributed by atoms with Crippen LogP contribution >= 0.6 is 0 Å². The van der Waals surface area contributed by atoms with Gasteiger partial charge in [0, 0.05) is 0 Å². The zero-order valence-electron chi connectivity index (χ0n) is 7.71. The van der Waals surface area contributed by atoms with E-state index in [0.29, 0.717) is 0 Å². The first kappa shape index (κ1) is 9.97. The lowest BCUT2D eigenvalue weighted by molar-refractivity contribution is -0.388. The normalized spacial score (nSPS) is 10.5. The van der Waals surface area contributed by atoms with Gasteiger partial charge < -0.3 is 14.6 Å². The number of phenolic OH excluding ortho intramolecular Hbond substituents is 1. The van der Waals surface area contributed by atoms with E-state index in [0.717, 1.165) is 0 Å². The van der Waals surface area contributed by atoms with Crippen molar-refractivity contribution in [3.8, 4) is 11.5 Å². The average Bonchev–Trinajstić information content (AvgIpc) is 2.15. The molecule has 1 heterocycles. The standard InChI is InChI=1S/C9H5NO6/c11-4-2-1-3-5-6(4)8(12)7(10(14)15)9(13)16-5/h1-3,11-12H. The van der Waals surface area contributed by atoms with Crippen LogP contribution in [0, 0.1) is 10.1 Å². The summed E-state index contributed by atoms with van der Waals surface area (Å²) in [7, 11) is 0. The van der Waals surface area contributed by atoms with E-state index in [2.05, 4.69) is 4.42 Å². The first-order valence-electron chi connectivity index (χ1n) is 4.14. The predicted octanol–water partition coefficient (Wildman–Crippen LogP) is 1.11. The highest BCUT2D eigenvalue weighted by molar-refractivity contribution is 5.91. The van der Waals surface area contributed by atoms with Gasteiger partial charge in [-0.05, 0) is 12.1 Å². The van der Waals surface area contributed by atoms with Crippen LogP contribution in [0.15, 0.2) is 27.4 Å². The highest BCUT2D eigenvalue weighted by Gasteiger charge is 2.25. The molecule has 82 valence electrons. The number of nitrogens with zero attached hydrogens (tertiary/aromatic N) is 1. The van der Waals surface area contributed by atoms with Gasteiger partial charge in [-0.25, -0.2) is 4.79 Å². The lowest BCUT2D eigenvalue weighted by Gasteiger charge is -2.01. The molecule has 0 spiro atoms. The molecular weight excluding hydrogens is 218 g/mol. The summed E-state index contributed by atoms with van der Waals surface area (Å²) in [6.07, 6.45) is 0. The molecule has 0 bridgehead atoms. The maximum atomic E-state index is 11.2. The Balaban J connectivity index is 3.03. The lowest BCUT2D eigenvalue weighted by atomic mass is 10.2. The quantitative estimate of drug-likeness (QED) is 0.425. The molecule has 0 radical (unpaired) electrons. The Kier molecular flexibility index (Phi) is 2.01. The minimum atomic E-state index is -1.26. The maximum Gasteiger partial charge on any atom is 0.419 e. The number of nitro groups is 1. The fourth-order valence-electron chi connectivity index (χ4n) is 1.37. The van der Waals surface area contributed by atoms with E-state index < -0.39 is 27.7 Å². The van der Waals surface area contributed by atoms with Crippen molar-refractivity contribution in [3.05, 3.63) is 38.7 Å². The van der Waals surface area contributed by atoms with Crippen LogP contribution in [0.2, 0.25) is 0 Å². The largest absolute Gasteiger partial charge is 0.507 e. The van der Waals surface area contributed by atoms with E-state index in [1.54, 1.807) is 0 Å². The van der Waals surface area contributed by atoms with Crippen LogP contribution in [0.3, 0.4) is 0 Å². The molecule has 0 aliphatic carbocycles. The molecule has 2 aromatic rings. The molecule has 2 rings (SSSR count). The van der Waals surface area contributed by atoms with Crippen molar-refractivity contribution in [1.29, 1.82) is 0 Å². The number of fused-ring (bicyclic) bond motifs is 1. The third kappa shape index (κ3) is 1.26. The summed E-state index contributed by atoms with van der Waals surface area (Å²) >= 11 is 0. The summed E-state index contributed by atoms with van der Waals surface area (Å²) in [5.74, 6) is -1.30. The second kappa shape index (κ2) is 3.23. The molecule has 0 aliphatic rings. The van der Waals surface area contributed by atoms with E-state index in [1.807, 2.05) is 0 Å². The van der Waals surface area contributed by atoms with Crippen molar-refractivity contribution in [2.75, 3.05) is 0 Å². The van der Waals surface area contributed by atoms with E-state index in [-0.39, 0.29) is 11.0 Å². The van der Waals surface area contributed by atoms with E-state index >= 15 is 0 Å². The van der Waals surface area contributed by atoms with Gasteiger partial charge in [-0.3, -0.25) is 10.1 Å². The third-order valence-electron chi connectivity index (χ3n) is 2.04. The molecule has 0 saturated carbocycles. The molecule has 1 aromatic carbocycles. The summed E-state index contributed by atoms with van der Waals surface area (Å²) in [4.78, 5) is 20.6. The van der Waals surface area contributed by atoms with Crippen molar-refractivity contribution in [2.45, 2.75) is 0 Å². The highest BCUT2D eigenvalue weighted by atomic mass is 16.6. The number of rotatable bonds is 1. The van der Waals surface area contributed by atoms with Crippen LogP contribution in [-0.4, -0.2) is 15.1 Å². The Morgan fingerprint density at radius 1 is 1.31 bits per heavy atom. The Bertz CT molecular complexity index is 644. The number of benzene rings is 1. The first-order valence-corrected chi connectivity index (χ1v) is 4.14. The molecule has 2 N–H and O–H groups in total. The Hall–Kier alpha value is -2.57. The molecule has 16 heavy (non-hydrogen) atoms. The number of hydrogen-bond donors (Lipinski definition) is 2. The van der Waals surface area contributed by atoms with Crippen molar-refractivity contribution < 1.29 is 19.6 Å². The van der Waals surface area contributed by atoms with Crippen LogP contribution in [0.25, 0.3) is 11.0 Å². The summed E-state index contributed by atoms with van der Waals surface area (Å²) in [6.45, 7) is 0. The number of aromatic hydroxyl groups is 2. The molecule has 0 fully saturated rings. The van der Waals surface area contributed by atoms with Crippen molar-refractivity contribution in [3.63, 3.8) is 0 Å². The van der Waals surface area contributed by atoms with Crippen LogP contribution in [-0.2, 0) is 0 Å². The summed E-state index contributed by atoms with van der Waals surface area (Å²) in [6, 6.07) is 3.90. The molecule has 0 atom stereocenters. The number of phenols is 1. The minimum Gasteiger partial charge on any atom is -0.507 e. The van der Waals surface area contributed by atoms with Crippen molar-refractivity contribution >= 4 is 16.7 Å². The topological polar surface area (TPSA) is 114 Å². The molecule has 7 heteroatoms. The van der Waals surface area contributed by atoms with Gasteiger partial charge in [-0.2, -0.15) is 0 Å². The van der Waals surface area contributed by atoms with Gasteiger partial charge in [0.15, 0.2) is 0 Å². The summed E-state index contributed by atoms with van der Waals surface area (Å²) in [5, 5.41) is 29.2. The van der Waals surface area contributed by atoms with Gasteiger partial charge in [0.25, 0.3) is 0 Å². The second-order valence-electron chi connectivity index (χ2n) is 2.99. The zero-order chi connectivity index (χ0) is 11.9. The van der Waals surface area contributed by atoms with Gasteiger partial charge in [-0.1, -0.05) is 6.07 Å². The van der Waals surface area contributed by atoms with Crippen LogP contribution < -0.4 is 5.63 Å². The van der Waals surface area contributed by atoms with Gasteiger partial charge >= 0.3 is 11.3 Å². The summed E-state index contributed by atoms with van der Waals surface area (Å²) < 4.78 is 4.60. The average molecular weight is 223 g/mol. The molecule has 1 aromatic heterocycles. The van der Waals surface area contributed by atoms with Crippen molar-refractivity contribution in [1.82, 2.24) is 0 Å². The Morgan fingerprint density at radius 2 is 2.00 bits per heavy atom. The van der Waals surface area contributed by atoms with Gasteiger partial charge in [-0.15, -0.1) is 0 Å². The highest BCUT2D eigenvalue weighted by Crippen LogP contribution is 2.36. The second-order valence-corrected chi connectivity index (χ2v) is 2.99. The van der Waals surface area contributed by atoms with Gasteiger partial charge in [0.05, 0.1) is 4.92 Å². The molecule has 0 unspecified atom stereocenters. The first-order chi connectivity index (χ1) is 7.52. The predicted molar refractivity (Wildman–Crippen MR) is 52.5 cm³/mol. The van der Waals surface area contributed by atoms with Crippen LogP contribution in [0.1, 0.15) is 0 Å². The van der Waals surface area contributed by atoms with E-state index in [1.165, 1.54) is 18.2 Å². The molecular formula is C9H5NO6. The smallest absolute Gasteiger partial charge is 0.419 e. The Labute approximate surface area is 87.3 Å². The van der Waals surface area contributed by atoms with Gasteiger partial charge in [0.1, 0.15) is 16.7 Å². The number of hydrogen-bond acceptors (Lipinski definition) is 6. The maximum absolute atomic E-state index is 11.2. The summed E-state index contributed by atoms with van der Waals surface area (Å²) in [5.41, 5.74) is -2.47. The molecule has 0 amide bonds. The minimum absolute atomic E-state index is 0.117. The van der Waals surface area contributed by atoms with E-state index in [9.17, 15) is 25.1 Å². The van der Waals surface area contributed by atoms with E-state index in [4.69, 9.17) is 0 Å². The third-order valence-corrected chi connectivity index (χ3v) is 2.04. The molecule has 7 nitrogen and oxygen atoms in total. The molecule has 0 aliphatic heterocycles. The van der Waals surface area contributed by atoms with Crippen molar-refractivity contribution in [2.24, 2.45) is 0 Å². The zero-order valence-corrected chi connectivity index (χ0v) is 7.71. The molecule has 0 saturated heterocycles. The Morgan fingerprint density at radius 3 is 2.62 bits per heavy atom. The lowest BCUT2D eigenvalue weighted by Crippen LogP contribution is -2.06. The van der Waals surface area contributed by atoms with Crippen LogP contribution in [0.4, 0.5) is 5.69 Å². The van der Waals surface area contributed by atoms with Gasteiger partial charge in [0.2, 0.25) is 5.75 Å². The van der Waals surface area contributed by atoms with Crippen LogP contribution in [0.5, 0.6) is 11.5 Å². The fourth-order valence-corrected chi connectivity index (χ4v) is 1.37.